The average molecular weight is 377 g/mol. The highest BCUT2D eigenvalue weighted by molar-refractivity contribution is 5.76. The van der Waals surface area contributed by atoms with Crippen molar-refractivity contribution < 1.29 is 4.74 Å². The maximum absolute atomic E-state index is 5.28. The Hall–Kier alpha value is -2.55. The van der Waals surface area contributed by atoms with Gasteiger partial charge in [-0.2, -0.15) is 0 Å². The number of benzene rings is 2. The van der Waals surface area contributed by atoms with E-state index in [-0.39, 0.29) is 0 Å². The van der Waals surface area contributed by atoms with E-state index in [1.807, 2.05) is 12.1 Å². The summed E-state index contributed by atoms with van der Waals surface area (Å²) in [6.07, 6.45) is 6.77. The molecule has 0 aliphatic carbocycles. The number of rotatable bonds is 9. The summed E-state index contributed by atoms with van der Waals surface area (Å²) in [6, 6.07) is 16.8. The number of allylic oxidation sites excluding steroid dienone is 2. The lowest BCUT2D eigenvalue weighted by Crippen LogP contribution is -2.08. The Morgan fingerprint density at radius 1 is 1.07 bits per heavy atom. The Morgan fingerprint density at radius 2 is 1.82 bits per heavy atom. The number of fused-ring (bicyclic) bond motifs is 1. The number of imidazole rings is 1. The molecule has 3 rings (SSSR count). The third-order valence-corrected chi connectivity index (χ3v) is 5.31. The van der Waals surface area contributed by atoms with E-state index in [4.69, 9.17) is 9.72 Å². The Morgan fingerprint density at radius 3 is 2.54 bits per heavy atom. The molecule has 3 nitrogen and oxygen atoms in total. The molecule has 0 radical (unpaired) electrons. The molecule has 148 valence electrons. The Kier molecular flexibility index (Phi) is 6.91. The molecule has 0 fully saturated rings. The number of methoxy groups -OCH3 is 1. The first kappa shape index (κ1) is 20.2. The van der Waals surface area contributed by atoms with Crippen LogP contribution >= 0.6 is 0 Å². The first-order chi connectivity index (χ1) is 13.6. The van der Waals surface area contributed by atoms with E-state index in [0.717, 1.165) is 30.1 Å². The monoisotopic (exact) mass is 376 g/mol. The molecule has 1 heterocycles. The van der Waals surface area contributed by atoms with Gasteiger partial charge >= 0.3 is 0 Å². The fourth-order valence-corrected chi connectivity index (χ4v) is 3.59. The van der Waals surface area contributed by atoms with Gasteiger partial charge in [-0.3, -0.25) is 0 Å². The van der Waals surface area contributed by atoms with Gasteiger partial charge in [0, 0.05) is 13.0 Å². The van der Waals surface area contributed by atoms with Gasteiger partial charge in [0.25, 0.3) is 0 Å². The zero-order valence-corrected chi connectivity index (χ0v) is 17.6. The van der Waals surface area contributed by atoms with Gasteiger partial charge in [0.15, 0.2) is 0 Å². The number of aryl methyl sites for hydroxylation is 1. The summed E-state index contributed by atoms with van der Waals surface area (Å²) in [7, 11) is 1.70. The van der Waals surface area contributed by atoms with Crippen molar-refractivity contribution >= 4 is 11.0 Å². The van der Waals surface area contributed by atoms with Crippen LogP contribution in [0.2, 0.25) is 0 Å². The molecule has 0 spiro atoms. The van der Waals surface area contributed by atoms with E-state index in [0.29, 0.717) is 5.92 Å². The van der Waals surface area contributed by atoms with E-state index in [1.165, 1.54) is 35.9 Å². The Balaban J connectivity index is 1.75. The summed E-state index contributed by atoms with van der Waals surface area (Å²) < 4.78 is 7.69. The van der Waals surface area contributed by atoms with Crippen LogP contribution in [0, 0.1) is 5.92 Å². The number of nitrogens with zero attached hydrogens (tertiary/aromatic N) is 2. The van der Waals surface area contributed by atoms with Crippen LogP contribution in [0.5, 0.6) is 5.75 Å². The smallest absolute Gasteiger partial charge is 0.118 e. The molecule has 0 aliphatic heterocycles. The van der Waals surface area contributed by atoms with Crippen molar-refractivity contribution in [2.24, 2.45) is 5.92 Å². The normalized spacial score (nSPS) is 12.1. The van der Waals surface area contributed by atoms with Gasteiger partial charge in [0.05, 0.1) is 18.1 Å². The van der Waals surface area contributed by atoms with Gasteiger partial charge in [-0.25, -0.2) is 4.98 Å². The van der Waals surface area contributed by atoms with Crippen molar-refractivity contribution in [1.29, 1.82) is 0 Å². The third-order valence-electron chi connectivity index (χ3n) is 5.31. The van der Waals surface area contributed by atoms with Crippen LogP contribution in [0.4, 0.5) is 0 Å². The molecule has 0 N–H and O–H groups in total. The molecule has 3 aromatic rings. The molecular formula is C25H32N2O. The highest BCUT2D eigenvalue weighted by Crippen LogP contribution is 2.22. The fraction of sp³-hybridized carbons (Fsp3) is 0.400. The summed E-state index contributed by atoms with van der Waals surface area (Å²) in [4.78, 5) is 4.94. The summed E-state index contributed by atoms with van der Waals surface area (Å²) in [5.74, 6) is 2.73. The number of hydrogen-bond acceptors (Lipinski definition) is 2. The van der Waals surface area contributed by atoms with Gasteiger partial charge < -0.3 is 9.30 Å². The molecule has 1 aromatic heterocycles. The van der Waals surface area contributed by atoms with Gasteiger partial charge in [-0.1, -0.05) is 42.8 Å². The molecule has 1 atom stereocenters. The van der Waals surface area contributed by atoms with Gasteiger partial charge in [0.1, 0.15) is 11.6 Å². The van der Waals surface area contributed by atoms with Crippen LogP contribution in [-0.4, -0.2) is 16.7 Å². The highest BCUT2D eigenvalue weighted by Gasteiger charge is 2.12. The van der Waals surface area contributed by atoms with Crippen molar-refractivity contribution in [3.63, 3.8) is 0 Å². The molecule has 1 unspecified atom stereocenters. The molecule has 0 saturated heterocycles. The molecule has 0 amide bonds. The molecule has 0 saturated carbocycles. The second-order valence-electron chi connectivity index (χ2n) is 7.95. The Labute approximate surface area is 169 Å². The van der Waals surface area contributed by atoms with E-state index in [1.54, 1.807) is 7.11 Å². The third kappa shape index (κ3) is 5.25. The highest BCUT2D eigenvalue weighted by atomic mass is 16.5. The van der Waals surface area contributed by atoms with Crippen molar-refractivity contribution in [3.05, 3.63) is 71.6 Å². The maximum Gasteiger partial charge on any atom is 0.118 e. The van der Waals surface area contributed by atoms with E-state index >= 15 is 0 Å². The summed E-state index contributed by atoms with van der Waals surface area (Å²) in [5, 5.41) is 0. The van der Waals surface area contributed by atoms with Crippen LogP contribution in [0.15, 0.2) is 60.2 Å². The van der Waals surface area contributed by atoms with E-state index < -0.39 is 0 Å². The Bertz CT molecular complexity index is 917. The van der Waals surface area contributed by atoms with Crippen molar-refractivity contribution in [1.82, 2.24) is 9.55 Å². The quantitative estimate of drug-likeness (QED) is 0.404. The van der Waals surface area contributed by atoms with E-state index in [2.05, 4.69) is 67.8 Å². The van der Waals surface area contributed by atoms with Crippen molar-refractivity contribution in [2.45, 2.75) is 53.0 Å². The zero-order valence-electron chi connectivity index (χ0n) is 17.6. The first-order valence-corrected chi connectivity index (χ1v) is 10.3. The molecule has 2 aromatic carbocycles. The largest absolute Gasteiger partial charge is 0.497 e. The lowest BCUT2D eigenvalue weighted by Gasteiger charge is -2.14. The summed E-state index contributed by atoms with van der Waals surface area (Å²) in [6.45, 7) is 7.73. The van der Waals surface area contributed by atoms with Gasteiger partial charge in [-0.05, 0) is 68.9 Å². The standard InChI is InChI=1S/C25H32N2O/c1-19(2)8-7-9-20(3)16-17-27-24-11-6-5-10-23(24)26-25(27)18-21-12-14-22(28-4)15-13-21/h5-6,8,10-15,20H,7,9,16-18H2,1-4H3. The van der Waals surface area contributed by atoms with Crippen LogP contribution in [0.1, 0.15) is 51.4 Å². The minimum atomic E-state index is 0.700. The van der Waals surface area contributed by atoms with Crippen LogP contribution < -0.4 is 4.74 Å². The predicted molar refractivity (Wildman–Crippen MR) is 118 cm³/mol. The number of ether oxygens (including phenoxy) is 1. The first-order valence-electron chi connectivity index (χ1n) is 10.3. The minimum Gasteiger partial charge on any atom is -0.497 e. The second kappa shape index (κ2) is 9.59. The molecule has 3 heteroatoms. The van der Waals surface area contributed by atoms with Crippen LogP contribution in [0.25, 0.3) is 11.0 Å². The zero-order chi connectivity index (χ0) is 19.9. The lowest BCUT2D eigenvalue weighted by atomic mass is 10.0. The number of aromatic nitrogens is 2. The van der Waals surface area contributed by atoms with Crippen molar-refractivity contribution in [3.8, 4) is 5.75 Å². The number of para-hydroxylation sites is 2. The average Bonchev–Trinajstić information content (AvgIpc) is 3.03. The van der Waals surface area contributed by atoms with Crippen LogP contribution in [0.3, 0.4) is 0 Å². The summed E-state index contributed by atoms with van der Waals surface area (Å²) in [5.41, 5.74) is 4.99. The van der Waals surface area contributed by atoms with E-state index in [9.17, 15) is 0 Å². The van der Waals surface area contributed by atoms with Gasteiger partial charge in [-0.15, -0.1) is 0 Å². The number of hydrogen-bond donors (Lipinski definition) is 0. The molecule has 0 aliphatic rings. The predicted octanol–water partition coefficient (Wildman–Crippen LogP) is 6.41. The van der Waals surface area contributed by atoms with Gasteiger partial charge in [0.2, 0.25) is 0 Å². The minimum absolute atomic E-state index is 0.700. The molecular weight excluding hydrogens is 344 g/mol. The second-order valence-corrected chi connectivity index (χ2v) is 7.95. The summed E-state index contributed by atoms with van der Waals surface area (Å²) >= 11 is 0. The topological polar surface area (TPSA) is 27.1 Å². The van der Waals surface area contributed by atoms with Crippen molar-refractivity contribution in [2.75, 3.05) is 7.11 Å². The fourth-order valence-electron chi connectivity index (χ4n) is 3.59. The van der Waals surface area contributed by atoms with Crippen LogP contribution in [-0.2, 0) is 13.0 Å². The molecule has 28 heavy (non-hydrogen) atoms. The lowest BCUT2D eigenvalue weighted by molar-refractivity contribution is 0.414. The molecule has 0 bridgehead atoms. The SMILES string of the molecule is COc1ccc(Cc2nc3ccccc3n2CCC(C)CCC=C(C)C)cc1. The maximum atomic E-state index is 5.28.